The van der Waals surface area contributed by atoms with Crippen LogP contribution < -0.4 is 0 Å². The average molecular weight is 602 g/mol. The summed E-state index contributed by atoms with van der Waals surface area (Å²) in [7, 11) is 0. The lowest BCUT2D eigenvalue weighted by Gasteiger charge is -2.35. The first-order chi connectivity index (χ1) is 21.0. The number of halogens is 1. The number of amides is 2. The lowest BCUT2D eigenvalue weighted by molar-refractivity contribution is -0.126. The van der Waals surface area contributed by atoms with E-state index in [4.69, 9.17) is 9.15 Å². The van der Waals surface area contributed by atoms with E-state index in [1.54, 1.807) is 55.0 Å². The van der Waals surface area contributed by atoms with E-state index in [2.05, 4.69) is 11.2 Å². The van der Waals surface area contributed by atoms with Gasteiger partial charge in [0, 0.05) is 30.8 Å². The zero-order valence-electron chi connectivity index (χ0n) is 25.2. The Hall–Kier alpha value is -4.46. The van der Waals surface area contributed by atoms with E-state index in [-0.39, 0.29) is 36.5 Å². The fraction of sp³-hybridized carbons (Fsp3) is 0.485. The van der Waals surface area contributed by atoms with Crippen LogP contribution in [0.3, 0.4) is 0 Å². The number of Topliss-reactive ketones (excluding diaryl/α,β-unsaturated/α-hetero) is 1. The van der Waals surface area contributed by atoms with Crippen LogP contribution in [0.5, 0.6) is 0 Å². The van der Waals surface area contributed by atoms with Gasteiger partial charge in [-0.25, -0.2) is 9.18 Å². The van der Waals surface area contributed by atoms with Gasteiger partial charge in [0.05, 0.1) is 42.4 Å². The van der Waals surface area contributed by atoms with Gasteiger partial charge in [-0.2, -0.15) is 10.4 Å². The summed E-state index contributed by atoms with van der Waals surface area (Å²) in [5.74, 6) is -1.23. The second kappa shape index (κ2) is 11.6. The van der Waals surface area contributed by atoms with Crippen molar-refractivity contribution in [1.82, 2.24) is 19.6 Å². The van der Waals surface area contributed by atoms with E-state index in [0.717, 1.165) is 25.0 Å². The number of hydrogen-bond acceptors (Lipinski definition) is 7. The van der Waals surface area contributed by atoms with Gasteiger partial charge in [-0.15, -0.1) is 0 Å². The fourth-order valence-electron chi connectivity index (χ4n) is 6.78. The van der Waals surface area contributed by atoms with E-state index in [1.807, 2.05) is 10.7 Å². The molecule has 11 heteroatoms. The van der Waals surface area contributed by atoms with Crippen LogP contribution in [-0.4, -0.2) is 61.6 Å². The summed E-state index contributed by atoms with van der Waals surface area (Å²) in [5, 5.41) is 14.1. The summed E-state index contributed by atoms with van der Waals surface area (Å²) in [4.78, 5) is 42.8. The van der Waals surface area contributed by atoms with Crippen LogP contribution in [-0.2, 0) is 29.0 Å². The molecule has 2 bridgehead atoms. The first kappa shape index (κ1) is 29.6. The number of furan rings is 1. The van der Waals surface area contributed by atoms with Crippen molar-refractivity contribution in [3.05, 3.63) is 65.4 Å². The predicted octanol–water partition coefficient (Wildman–Crippen LogP) is 5.37. The van der Waals surface area contributed by atoms with E-state index in [1.165, 1.54) is 12.3 Å². The van der Waals surface area contributed by atoms with Crippen LogP contribution in [0.1, 0.15) is 68.1 Å². The number of carbonyl (C=O) groups excluding carboxylic acids is 3. The molecule has 2 aromatic heterocycles. The molecule has 4 heterocycles. The minimum atomic E-state index is -0.754. The van der Waals surface area contributed by atoms with Crippen LogP contribution in [0.2, 0.25) is 0 Å². The van der Waals surface area contributed by atoms with Crippen molar-refractivity contribution in [2.75, 3.05) is 6.54 Å². The highest BCUT2D eigenvalue weighted by Gasteiger charge is 2.52. The summed E-state index contributed by atoms with van der Waals surface area (Å²) < 4.78 is 28.4. The Kier molecular flexibility index (Phi) is 7.78. The summed E-state index contributed by atoms with van der Waals surface area (Å²) in [6.07, 6.45) is 5.02. The maximum atomic E-state index is 15.3. The van der Waals surface area contributed by atoms with Crippen molar-refractivity contribution in [2.24, 2.45) is 11.8 Å². The molecule has 3 aromatic rings. The average Bonchev–Trinajstić information content (AvgIpc) is 3.79. The molecule has 2 fully saturated rings. The number of nitriles is 1. The number of likely N-dealkylation sites (tertiary alicyclic amines) is 1. The molecule has 2 amide bonds. The molecule has 0 N–H and O–H groups in total. The highest BCUT2D eigenvalue weighted by Crippen LogP contribution is 2.44. The normalized spacial score (nSPS) is 21.6. The number of nitrogens with zero attached hydrogens (tertiary/aromatic N) is 5. The van der Waals surface area contributed by atoms with Crippen LogP contribution in [0.4, 0.5) is 9.18 Å². The van der Waals surface area contributed by atoms with Crippen molar-refractivity contribution >= 4 is 17.8 Å². The van der Waals surface area contributed by atoms with E-state index in [9.17, 15) is 19.6 Å². The molecule has 230 valence electrons. The molecule has 3 aliphatic rings. The van der Waals surface area contributed by atoms with E-state index in [0.29, 0.717) is 42.1 Å². The minimum Gasteiger partial charge on any atom is -0.464 e. The van der Waals surface area contributed by atoms with Crippen LogP contribution in [0, 0.1) is 29.0 Å². The maximum absolute atomic E-state index is 15.3. The second-order valence-corrected chi connectivity index (χ2v) is 13.0. The first-order valence-electron chi connectivity index (χ1n) is 15.1. The van der Waals surface area contributed by atoms with Gasteiger partial charge in [-0.1, -0.05) is 12.1 Å². The number of benzene rings is 1. The zero-order valence-corrected chi connectivity index (χ0v) is 25.2. The highest BCUT2D eigenvalue weighted by atomic mass is 19.1. The number of hydrogen-bond donors (Lipinski definition) is 0. The SMILES string of the molecule is CC(C)(C)OC(=O)N1[C@@H]2CC[C@@H](C2)[C@H]1C(=O)C[C@H](C#N)Cc1ccc(-c2cc(C(=O)N3CCn4nccc4C3)co2)cc1F. The standard InChI is InChI=1S/C33H36FN5O5/c1-33(2,3)44-32(42)39-25-7-6-23(14-25)30(39)28(40)13-20(17-35)12-21-4-5-22(15-27(21)34)29-16-24(19-43-29)31(41)37-10-11-38-26(18-37)8-9-36-38/h4-5,8-9,15-16,19-20,23,25,30H,6-7,10-14,18H2,1-3H3/t20-,23+,25-,30+/m1/s1. The van der Waals surface area contributed by atoms with Gasteiger partial charge in [0.25, 0.3) is 5.91 Å². The van der Waals surface area contributed by atoms with Gasteiger partial charge < -0.3 is 14.1 Å². The van der Waals surface area contributed by atoms with Crippen molar-refractivity contribution in [2.45, 2.75) is 83.6 Å². The second-order valence-electron chi connectivity index (χ2n) is 13.0. The number of rotatable bonds is 7. The number of piperidine rings is 1. The molecule has 2 aliphatic heterocycles. The van der Waals surface area contributed by atoms with Crippen molar-refractivity contribution < 1.29 is 27.9 Å². The third-order valence-corrected chi connectivity index (χ3v) is 8.83. The third-order valence-electron chi connectivity index (χ3n) is 8.83. The predicted molar refractivity (Wildman–Crippen MR) is 156 cm³/mol. The quantitative estimate of drug-likeness (QED) is 0.357. The summed E-state index contributed by atoms with van der Waals surface area (Å²) in [5.41, 5.74) is 1.41. The van der Waals surface area contributed by atoms with Gasteiger partial charge >= 0.3 is 6.09 Å². The Morgan fingerprint density at radius 2 is 2.00 bits per heavy atom. The third kappa shape index (κ3) is 5.85. The maximum Gasteiger partial charge on any atom is 0.411 e. The molecule has 1 saturated carbocycles. The molecule has 0 spiro atoms. The molecule has 6 rings (SSSR count). The van der Waals surface area contributed by atoms with E-state index >= 15 is 4.39 Å². The van der Waals surface area contributed by atoms with Crippen molar-refractivity contribution in [3.8, 4) is 17.4 Å². The number of fused-ring (bicyclic) bond motifs is 3. The van der Waals surface area contributed by atoms with Gasteiger partial charge in [0.1, 0.15) is 23.4 Å². The van der Waals surface area contributed by atoms with Crippen molar-refractivity contribution in [3.63, 3.8) is 0 Å². The molecule has 10 nitrogen and oxygen atoms in total. The molecular formula is C33H36FN5O5. The molecule has 0 radical (unpaired) electrons. The van der Waals surface area contributed by atoms with Gasteiger partial charge in [-0.3, -0.25) is 19.2 Å². The molecule has 44 heavy (non-hydrogen) atoms. The smallest absolute Gasteiger partial charge is 0.411 e. The highest BCUT2D eigenvalue weighted by molar-refractivity contribution is 5.95. The van der Waals surface area contributed by atoms with E-state index < -0.39 is 29.5 Å². The lowest BCUT2D eigenvalue weighted by atomic mass is 9.87. The molecular weight excluding hydrogens is 565 g/mol. The Morgan fingerprint density at radius 3 is 2.75 bits per heavy atom. The molecule has 1 saturated heterocycles. The Labute approximate surface area is 255 Å². The minimum absolute atomic E-state index is 0.0313. The largest absolute Gasteiger partial charge is 0.464 e. The molecule has 1 aromatic carbocycles. The summed E-state index contributed by atoms with van der Waals surface area (Å²) in [6, 6.07) is 9.59. The lowest BCUT2D eigenvalue weighted by Crippen LogP contribution is -2.51. The first-order valence-corrected chi connectivity index (χ1v) is 15.1. The number of carbonyl (C=O) groups is 3. The summed E-state index contributed by atoms with van der Waals surface area (Å²) >= 11 is 0. The Bertz CT molecular complexity index is 1630. The molecule has 1 aliphatic carbocycles. The summed E-state index contributed by atoms with van der Waals surface area (Å²) in [6.45, 7) is 6.96. The van der Waals surface area contributed by atoms with Gasteiger partial charge in [-0.05, 0) is 76.1 Å². The number of ketones is 1. The fourth-order valence-corrected chi connectivity index (χ4v) is 6.78. The molecule has 4 atom stereocenters. The van der Waals surface area contributed by atoms with Gasteiger partial charge in [0.2, 0.25) is 0 Å². The van der Waals surface area contributed by atoms with Crippen LogP contribution in [0.15, 0.2) is 47.2 Å². The van der Waals surface area contributed by atoms with Crippen LogP contribution in [0.25, 0.3) is 11.3 Å². The topological polar surface area (TPSA) is 122 Å². The molecule has 0 unspecified atom stereocenters. The number of ether oxygens (including phenoxy) is 1. The number of aromatic nitrogens is 2. The monoisotopic (exact) mass is 601 g/mol. The van der Waals surface area contributed by atoms with Crippen molar-refractivity contribution in [1.29, 1.82) is 5.26 Å². The van der Waals surface area contributed by atoms with Gasteiger partial charge in [0.15, 0.2) is 5.78 Å². The Balaban J connectivity index is 1.10. The Morgan fingerprint density at radius 1 is 1.18 bits per heavy atom. The zero-order chi connectivity index (χ0) is 31.2. The van der Waals surface area contributed by atoms with Crippen LogP contribution >= 0.6 is 0 Å².